The molecule has 4 aromatic heterocycles. The Morgan fingerprint density at radius 2 is 2.05 bits per heavy atom. The molecule has 0 unspecified atom stereocenters. The summed E-state index contributed by atoms with van der Waals surface area (Å²) in [5.74, 6) is -0.282. The Balaban J connectivity index is 1.26. The van der Waals surface area contributed by atoms with Crippen molar-refractivity contribution in [3.05, 3.63) is 58.5 Å². The predicted octanol–water partition coefficient (Wildman–Crippen LogP) is 3.11. The third-order valence-electron chi connectivity index (χ3n) is 7.43. The number of rotatable bonds is 7. The third kappa shape index (κ3) is 4.83. The van der Waals surface area contributed by atoms with Crippen molar-refractivity contribution < 1.29 is 19.0 Å². The normalized spacial score (nSPS) is 17.7. The molecule has 2 fully saturated rings. The number of likely N-dealkylation sites (tertiary alicyclic amines) is 1. The Labute approximate surface area is 228 Å². The summed E-state index contributed by atoms with van der Waals surface area (Å²) in [7, 11) is 0. The molecule has 2 aliphatic heterocycles. The van der Waals surface area contributed by atoms with Gasteiger partial charge in [-0.1, -0.05) is 16.8 Å². The van der Waals surface area contributed by atoms with Crippen molar-refractivity contribution in [1.29, 1.82) is 5.26 Å². The minimum Gasteiger partial charge on any atom is -0.488 e. The van der Waals surface area contributed by atoms with E-state index >= 15 is 0 Å². The van der Waals surface area contributed by atoms with Crippen LogP contribution < -0.4 is 4.74 Å². The van der Waals surface area contributed by atoms with E-state index in [4.69, 9.17) is 21.1 Å². The van der Waals surface area contributed by atoms with Gasteiger partial charge in [0.1, 0.15) is 47.1 Å². The summed E-state index contributed by atoms with van der Waals surface area (Å²) in [4.78, 5) is 6.37. The number of halogens is 2. The van der Waals surface area contributed by atoms with Crippen molar-refractivity contribution in [3.8, 4) is 23.1 Å². The van der Waals surface area contributed by atoms with Crippen molar-refractivity contribution in [1.82, 2.24) is 34.5 Å². The van der Waals surface area contributed by atoms with Gasteiger partial charge in [-0.2, -0.15) is 10.4 Å². The molecule has 0 saturated carbocycles. The van der Waals surface area contributed by atoms with Crippen LogP contribution >= 0.6 is 11.6 Å². The molecule has 2 saturated heterocycles. The van der Waals surface area contributed by atoms with Crippen LogP contribution in [0.1, 0.15) is 41.9 Å². The van der Waals surface area contributed by atoms with Crippen molar-refractivity contribution in [2.45, 2.75) is 38.0 Å². The molecule has 11 nitrogen and oxygen atoms in total. The van der Waals surface area contributed by atoms with Crippen LogP contribution in [0.4, 0.5) is 4.39 Å². The highest BCUT2D eigenvalue weighted by atomic mass is 35.5. The SMILES string of the molecule is Cc1c(-c2cc(OC[C@H](O)c3ncc(F)cc3Cl)c3c(C#N)cnn3c2)nnn1C1CCN(C2COC2)CC1. The molecule has 0 bridgehead atoms. The van der Waals surface area contributed by atoms with Gasteiger partial charge in [0.15, 0.2) is 0 Å². The molecule has 6 rings (SSSR count). The highest BCUT2D eigenvalue weighted by molar-refractivity contribution is 6.31. The second-order valence-electron chi connectivity index (χ2n) is 9.83. The second kappa shape index (κ2) is 10.5. The van der Waals surface area contributed by atoms with Crippen molar-refractivity contribution in [2.24, 2.45) is 0 Å². The first-order valence-electron chi connectivity index (χ1n) is 12.7. The number of aromatic nitrogens is 6. The Kier molecular flexibility index (Phi) is 6.90. The van der Waals surface area contributed by atoms with E-state index in [0.29, 0.717) is 34.1 Å². The molecule has 0 radical (unpaired) electrons. The summed E-state index contributed by atoms with van der Waals surface area (Å²) in [5.41, 5.74) is 3.14. The number of piperidine rings is 1. The number of fused-ring (bicyclic) bond motifs is 1. The molecule has 1 N–H and O–H groups in total. The van der Waals surface area contributed by atoms with Crippen LogP contribution in [0.25, 0.3) is 16.8 Å². The van der Waals surface area contributed by atoms with E-state index in [9.17, 15) is 14.8 Å². The molecule has 13 heteroatoms. The van der Waals surface area contributed by atoms with Gasteiger partial charge in [-0.25, -0.2) is 13.6 Å². The van der Waals surface area contributed by atoms with Crippen molar-refractivity contribution in [2.75, 3.05) is 32.9 Å². The average Bonchev–Trinajstić information content (AvgIpc) is 3.49. The molecule has 202 valence electrons. The average molecular weight is 553 g/mol. The lowest BCUT2D eigenvalue weighted by Crippen LogP contribution is -2.52. The summed E-state index contributed by atoms with van der Waals surface area (Å²) in [6.07, 6.45) is 4.94. The van der Waals surface area contributed by atoms with Crippen LogP contribution in [0.3, 0.4) is 0 Å². The number of aliphatic hydroxyl groups excluding tert-OH is 1. The van der Waals surface area contributed by atoms with Crippen LogP contribution in [0.15, 0.2) is 30.7 Å². The molecule has 39 heavy (non-hydrogen) atoms. The Morgan fingerprint density at radius 3 is 2.74 bits per heavy atom. The largest absolute Gasteiger partial charge is 0.488 e. The van der Waals surface area contributed by atoms with Crippen LogP contribution in [0.2, 0.25) is 5.02 Å². The molecule has 2 aliphatic rings. The first kappa shape index (κ1) is 25.6. The van der Waals surface area contributed by atoms with Crippen LogP contribution in [0, 0.1) is 24.1 Å². The maximum atomic E-state index is 13.4. The Morgan fingerprint density at radius 1 is 1.26 bits per heavy atom. The lowest BCUT2D eigenvalue weighted by molar-refractivity contribution is -0.0735. The lowest BCUT2D eigenvalue weighted by Gasteiger charge is -2.41. The summed E-state index contributed by atoms with van der Waals surface area (Å²) in [6, 6.07) is 5.73. The lowest BCUT2D eigenvalue weighted by atomic mass is 10.0. The first-order valence-corrected chi connectivity index (χ1v) is 13.1. The molecule has 6 heterocycles. The fraction of sp³-hybridized carbons (Fsp3) is 0.423. The molecule has 1 atom stereocenters. The quantitative estimate of drug-likeness (QED) is 0.368. The number of hydrogen-bond donors (Lipinski definition) is 1. The zero-order valence-electron chi connectivity index (χ0n) is 21.2. The third-order valence-corrected chi connectivity index (χ3v) is 7.73. The second-order valence-corrected chi connectivity index (χ2v) is 10.2. The monoisotopic (exact) mass is 552 g/mol. The van der Waals surface area contributed by atoms with Gasteiger partial charge in [-0.3, -0.25) is 9.88 Å². The zero-order chi connectivity index (χ0) is 27.1. The summed E-state index contributed by atoms with van der Waals surface area (Å²) in [6.45, 7) is 5.38. The van der Waals surface area contributed by atoms with E-state index in [-0.39, 0.29) is 23.4 Å². The minimum absolute atomic E-state index is 0.00819. The molecule has 0 aliphatic carbocycles. The van der Waals surface area contributed by atoms with Gasteiger partial charge in [-0.05, 0) is 31.9 Å². The first-order chi connectivity index (χ1) is 18.9. The topological polar surface area (TPSA) is 127 Å². The van der Waals surface area contributed by atoms with E-state index < -0.39 is 11.9 Å². The van der Waals surface area contributed by atoms with Gasteiger partial charge < -0.3 is 14.6 Å². The van der Waals surface area contributed by atoms with E-state index in [0.717, 1.165) is 57.1 Å². The highest BCUT2D eigenvalue weighted by Crippen LogP contribution is 2.33. The van der Waals surface area contributed by atoms with Gasteiger partial charge in [0.05, 0.1) is 54.1 Å². The number of nitrogens with zero attached hydrogens (tertiary/aromatic N) is 8. The maximum Gasteiger partial charge on any atom is 0.147 e. The van der Waals surface area contributed by atoms with Crippen molar-refractivity contribution in [3.63, 3.8) is 0 Å². The standard InChI is InChI=1S/C26H26ClFN8O3/c1-15-24(32-33-36(15)19-2-4-34(5-3-19)20-12-38-13-20)16-6-23(26-17(8-29)9-31-35(26)11-16)39-14-22(37)25-21(27)7-18(28)10-30-25/h6-7,9-11,19-20,22,37H,2-5,12-14H2,1H3/t22-/m0/s1. The fourth-order valence-corrected chi connectivity index (χ4v) is 5.49. The zero-order valence-corrected chi connectivity index (χ0v) is 21.9. The van der Waals surface area contributed by atoms with E-state index in [1.54, 1.807) is 16.8 Å². The number of ether oxygens (including phenoxy) is 2. The van der Waals surface area contributed by atoms with E-state index in [1.807, 2.05) is 11.6 Å². The number of hydrogen-bond acceptors (Lipinski definition) is 9. The molecule has 0 spiro atoms. The van der Waals surface area contributed by atoms with Gasteiger partial charge in [0.25, 0.3) is 0 Å². The van der Waals surface area contributed by atoms with Crippen LogP contribution in [-0.2, 0) is 4.74 Å². The molecule has 4 aromatic rings. The molecule has 0 amide bonds. The highest BCUT2D eigenvalue weighted by Gasteiger charge is 2.31. The molecular formula is C26H26ClFN8O3. The molecular weight excluding hydrogens is 527 g/mol. The van der Waals surface area contributed by atoms with Gasteiger partial charge in [0.2, 0.25) is 0 Å². The van der Waals surface area contributed by atoms with Gasteiger partial charge in [0, 0.05) is 24.8 Å². The Hall–Kier alpha value is -3.63. The summed E-state index contributed by atoms with van der Waals surface area (Å²) >= 11 is 6.05. The summed E-state index contributed by atoms with van der Waals surface area (Å²) in [5, 5.41) is 33.5. The van der Waals surface area contributed by atoms with Gasteiger partial charge >= 0.3 is 0 Å². The maximum absolute atomic E-state index is 13.4. The van der Waals surface area contributed by atoms with Crippen LogP contribution in [0.5, 0.6) is 5.75 Å². The van der Waals surface area contributed by atoms with Crippen LogP contribution in [-0.4, -0.2) is 78.6 Å². The number of nitriles is 1. The smallest absolute Gasteiger partial charge is 0.147 e. The van der Waals surface area contributed by atoms with E-state index in [2.05, 4.69) is 31.4 Å². The van der Waals surface area contributed by atoms with Crippen molar-refractivity contribution >= 4 is 17.1 Å². The van der Waals surface area contributed by atoms with E-state index in [1.165, 1.54) is 6.20 Å². The summed E-state index contributed by atoms with van der Waals surface area (Å²) < 4.78 is 28.2. The predicted molar refractivity (Wildman–Crippen MR) is 138 cm³/mol. The number of aliphatic hydroxyl groups is 1. The molecule has 0 aromatic carbocycles. The Bertz CT molecular complexity index is 1550. The number of pyridine rings is 2. The minimum atomic E-state index is -1.23. The fourth-order valence-electron chi connectivity index (χ4n) is 5.21. The van der Waals surface area contributed by atoms with Gasteiger partial charge in [-0.15, -0.1) is 5.10 Å².